The van der Waals surface area contributed by atoms with Crippen molar-refractivity contribution in [1.82, 2.24) is 9.78 Å². The van der Waals surface area contributed by atoms with Crippen molar-refractivity contribution in [3.8, 4) is 11.6 Å². The number of hydrogen-bond donors (Lipinski definition) is 2. The van der Waals surface area contributed by atoms with Crippen LogP contribution in [-0.2, 0) is 6.61 Å². The summed E-state index contributed by atoms with van der Waals surface area (Å²) in [6, 6.07) is 16.5. The molecule has 6 heteroatoms. The van der Waals surface area contributed by atoms with Crippen molar-refractivity contribution < 1.29 is 10.2 Å². The first-order valence-corrected chi connectivity index (χ1v) is 7.15. The molecule has 0 unspecified atom stereocenters. The minimum Gasteiger partial charge on any atom is -0.492 e. The third-order valence-corrected chi connectivity index (χ3v) is 3.43. The highest BCUT2D eigenvalue weighted by atomic mass is 16.3. The second-order valence-electron chi connectivity index (χ2n) is 4.99. The maximum absolute atomic E-state index is 10.4. The maximum Gasteiger partial charge on any atom is 0.243 e. The summed E-state index contributed by atoms with van der Waals surface area (Å²) in [4.78, 5) is 0. The van der Waals surface area contributed by atoms with Crippen molar-refractivity contribution in [1.29, 1.82) is 0 Å². The van der Waals surface area contributed by atoms with Gasteiger partial charge in [0.25, 0.3) is 0 Å². The van der Waals surface area contributed by atoms with E-state index in [-0.39, 0.29) is 12.5 Å². The SMILES string of the molecule is Cc1nn(-c2ccccc2)c(O)c1N=Nc1ccccc1CO. The number of para-hydroxylation sites is 1. The fourth-order valence-corrected chi connectivity index (χ4v) is 2.22. The fourth-order valence-electron chi connectivity index (χ4n) is 2.22. The van der Waals surface area contributed by atoms with Gasteiger partial charge in [0.15, 0.2) is 5.69 Å². The van der Waals surface area contributed by atoms with Crippen molar-refractivity contribution in [2.75, 3.05) is 0 Å². The first kappa shape index (κ1) is 14.9. The molecule has 2 aromatic carbocycles. The number of aryl methyl sites for hydroxylation is 1. The highest BCUT2D eigenvalue weighted by Gasteiger charge is 2.15. The molecule has 0 spiro atoms. The van der Waals surface area contributed by atoms with Crippen LogP contribution in [-0.4, -0.2) is 20.0 Å². The number of benzene rings is 2. The van der Waals surface area contributed by atoms with Crippen molar-refractivity contribution in [3.05, 3.63) is 65.9 Å². The number of azo groups is 1. The first-order valence-electron chi connectivity index (χ1n) is 7.15. The smallest absolute Gasteiger partial charge is 0.243 e. The highest BCUT2D eigenvalue weighted by Crippen LogP contribution is 2.34. The van der Waals surface area contributed by atoms with Gasteiger partial charge in [-0.3, -0.25) is 0 Å². The van der Waals surface area contributed by atoms with Crippen molar-refractivity contribution in [2.45, 2.75) is 13.5 Å². The minimum absolute atomic E-state index is 0.0704. The lowest BCUT2D eigenvalue weighted by atomic mass is 10.2. The number of aromatic hydroxyl groups is 1. The Labute approximate surface area is 133 Å². The van der Waals surface area contributed by atoms with Gasteiger partial charge in [0.2, 0.25) is 5.88 Å². The molecule has 0 aliphatic carbocycles. The molecule has 3 rings (SSSR count). The summed E-state index contributed by atoms with van der Waals surface area (Å²) < 4.78 is 1.42. The first-order chi connectivity index (χ1) is 11.2. The zero-order valence-corrected chi connectivity index (χ0v) is 12.6. The third kappa shape index (κ3) is 2.97. The van der Waals surface area contributed by atoms with E-state index in [9.17, 15) is 10.2 Å². The van der Waals surface area contributed by atoms with E-state index in [0.29, 0.717) is 22.6 Å². The molecular formula is C17H16N4O2. The van der Waals surface area contributed by atoms with E-state index in [1.807, 2.05) is 42.5 Å². The van der Waals surface area contributed by atoms with E-state index in [2.05, 4.69) is 15.3 Å². The Hall–Kier alpha value is -2.99. The van der Waals surface area contributed by atoms with Gasteiger partial charge in [-0.1, -0.05) is 36.4 Å². The summed E-state index contributed by atoms with van der Waals surface area (Å²) in [7, 11) is 0. The quantitative estimate of drug-likeness (QED) is 0.719. The van der Waals surface area contributed by atoms with Crippen LogP contribution in [0, 0.1) is 6.92 Å². The second kappa shape index (κ2) is 6.41. The molecule has 0 saturated heterocycles. The van der Waals surface area contributed by atoms with E-state index in [1.165, 1.54) is 4.68 Å². The topological polar surface area (TPSA) is 83.0 Å². The Balaban J connectivity index is 1.98. The standard InChI is InChI=1S/C17H16N4O2/c1-12-16(19-18-15-10-6-5-7-13(15)11-22)17(23)21(20-12)14-8-3-2-4-9-14/h2-10,22-23H,11H2,1H3. The van der Waals surface area contributed by atoms with Crippen LogP contribution < -0.4 is 0 Å². The molecule has 1 aromatic heterocycles. The number of aliphatic hydroxyl groups excluding tert-OH is 1. The Bertz CT molecular complexity index is 841. The molecule has 1 heterocycles. The van der Waals surface area contributed by atoms with Crippen LogP contribution in [0.2, 0.25) is 0 Å². The largest absolute Gasteiger partial charge is 0.492 e. The van der Waals surface area contributed by atoms with E-state index >= 15 is 0 Å². The lowest BCUT2D eigenvalue weighted by Gasteiger charge is -2.02. The normalized spacial score (nSPS) is 11.2. The van der Waals surface area contributed by atoms with Crippen molar-refractivity contribution in [2.24, 2.45) is 10.2 Å². The van der Waals surface area contributed by atoms with Crippen LogP contribution >= 0.6 is 0 Å². The zero-order chi connectivity index (χ0) is 16.2. The van der Waals surface area contributed by atoms with Crippen LogP contribution in [0.3, 0.4) is 0 Å². The molecule has 116 valence electrons. The van der Waals surface area contributed by atoms with Gasteiger partial charge in [-0.2, -0.15) is 9.78 Å². The molecule has 0 amide bonds. The van der Waals surface area contributed by atoms with Gasteiger partial charge in [-0.15, -0.1) is 10.2 Å². The molecule has 0 aliphatic rings. The van der Waals surface area contributed by atoms with Gasteiger partial charge >= 0.3 is 0 Å². The predicted molar refractivity (Wildman–Crippen MR) is 86.5 cm³/mol. The number of aromatic nitrogens is 2. The second-order valence-corrected chi connectivity index (χ2v) is 4.99. The van der Waals surface area contributed by atoms with E-state index in [1.54, 1.807) is 19.1 Å². The molecule has 0 aliphatic heterocycles. The summed E-state index contributed by atoms with van der Waals surface area (Å²) in [5.74, 6) is -0.0704. The predicted octanol–water partition coefficient (Wildman–Crippen LogP) is 3.79. The average molecular weight is 308 g/mol. The third-order valence-electron chi connectivity index (χ3n) is 3.43. The van der Waals surface area contributed by atoms with Gasteiger partial charge in [0, 0.05) is 5.56 Å². The van der Waals surface area contributed by atoms with Crippen LogP contribution in [0.5, 0.6) is 5.88 Å². The highest BCUT2D eigenvalue weighted by molar-refractivity contribution is 5.55. The Morgan fingerprint density at radius 1 is 1.00 bits per heavy atom. The molecule has 2 N–H and O–H groups in total. The Morgan fingerprint density at radius 2 is 1.70 bits per heavy atom. The van der Waals surface area contributed by atoms with Gasteiger partial charge in [0.1, 0.15) is 0 Å². The molecular weight excluding hydrogens is 292 g/mol. The van der Waals surface area contributed by atoms with Crippen LogP contribution in [0.15, 0.2) is 64.8 Å². The minimum atomic E-state index is -0.122. The Morgan fingerprint density at radius 3 is 2.43 bits per heavy atom. The number of aliphatic hydroxyl groups is 1. The van der Waals surface area contributed by atoms with Gasteiger partial charge in [0.05, 0.1) is 23.7 Å². The van der Waals surface area contributed by atoms with Crippen molar-refractivity contribution in [3.63, 3.8) is 0 Å². The molecule has 3 aromatic rings. The molecule has 0 saturated carbocycles. The summed E-state index contributed by atoms with van der Waals surface area (Å²) in [6.45, 7) is 1.63. The van der Waals surface area contributed by atoms with E-state index in [0.717, 1.165) is 5.69 Å². The average Bonchev–Trinajstić information content (AvgIpc) is 2.88. The molecule has 0 fully saturated rings. The lowest BCUT2D eigenvalue weighted by molar-refractivity contribution is 0.282. The van der Waals surface area contributed by atoms with Gasteiger partial charge in [-0.05, 0) is 25.1 Å². The van der Waals surface area contributed by atoms with Crippen LogP contribution in [0.25, 0.3) is 5.69 Å². The number of nitrogens with zero attached hydrogens (tertiary/aromatic N) is 4. The monoisotopic (exact) mass is 308 g/mol. The zero-order valence-electron chi connectivity index (χ0n) is 12.6. The molecule has 0 radical (unpaired) electrons. The fraction of sp³-hybridized carbons (Fsp3) is 0.118. The Kier molecular flexibility index (Phi) is 4.16. The molecule has 23 heavy (non-hydrogen) atoms. The summed E-state index contributed by atoms with van der Waals surface area (Å²) >= 11 is 0. The summed E-state index contributed by atoms with van der Waals surface area (Å²) in [5, 5.41) is 32.2. The van der Waals surface area contributed by atoms with Crippen LogP contribution in [0.1, 0.15) is 11.3 Å². The van der Waals surface area contributed by atoms with Crippen molar-refractivity contribution >= 4 is 11.4 Å². The maximum atomic E-state index is 10.4. The molecule has 0 bridgehead atoms. The molecule has 0 atom stereocenters. The van der Waals surface area contributed by atoms with E-state index in [4.69, 9.17) is 0 Å². The van der Waals surface area contributed by atoms with Gasteiger partial charge < -0.3 is 10.2 Å². The summed E-state index contributed by atoms with van der Waals surface area (Å²) in [6.07, 6.45) is 0. The van der Waals surface area contributed by atoms with E-state index < -0.39 is 0 Å². The van der Waals surface area contributed by atoms with Gasteiger partial charge in [-0.25, -0.2) is 0 Å². The number of rotatable bonds is 4. The van der Waals surface area contributed by atoms with Crippen LogP contribution in [0.4, 0.5) is 11.4 Å². The molecule has 6 nitrogen and oxygen atoms in total. The lowest BCUT2D eigenvalue weighted by Crippen LogP contribution is -1.94. The summed E-state index contributed by atoms with van der Waals surface area (Å²) in [5.41, 5.74) is 2.84. The number of hydrogen-bond acceptors (Lipinski definition) is 5.